The number of carboxylic acid groups (broad SMARTS) is 1. The summed E-state index contributed by atoms with van der Waals surface area (Å²) in [5.41, 5.74) is 0.538. The molecular formula is C13H16FNO3. The van der Waals surface area contributed by atoms with Crippen LogP contribution in [-0.4, -0.2) is 34.5 Å². The molecule has 1 amide bonds. The van der Waals surface area contributed by atoms with E-state index in [4.69, 9.17) is 5.11 Å². The molecular weight excluding hydrogens is 237 g/mol. The van der Waals surface area contributed by atoms with E-state index in [1.807, 2.05) is 0 Å². The Kier molecular flexibility index (Phi) is 4.83. The normalized spacial score (nSPS) is 10.4. The van der Waals surface area contributed by atoms with Crippen molar-refractivity contribution in [3.63, 3.8) is 0 Å². The summed E-state index contributed by atoms with van der Waals surface area (Å²) >= 11 is 0. The summed E-state index contributed by atoms with van der Waals surface area (Å²) in [6.45, 7) is 3.14. The van der Waals surface area contributed by atoms with Gasteiger partial charge in [0.15, 0.2) is 0 Å². The highest BCUT2D eigenvalue weighted by Gasteiger charge is 2.19. The molecule has 0 unspecified atom stereocenters. The van der Waals surface area contributed by atoms with Crippen molar-refractivity contribution in [1.29, 1.82) is 0 Å². The number of carbonyl (C=O) groups excluding carboxylic acids is 1. The van der Waals surface area contributed by atoms with Crippen LogP contribution in [0.3, 0.4) is 0 Å². The molecule has 0 aliphatic carbocycles. The highest BCUT2D eigenvalue weighted by molar-refractivity contribution is 5.83. The summed E-state index contributed by atoms with van der Waals surface area (Å²) in [6, 6.07) is 5.53. The summed E-state index contributed by atoms with van der Waals surface area (Å²) in [5, 5.41) is 8.74. The largest absolute Gasteiger partial charge is 0.480 e. The summed E-state index contributed by atoms with van der Waals surface area (Å²) in [4.78, 5) is 23.9. The van der Waals surface area contributed by atoms with Crippen molar-refractivity contribution < 1.29 is 19.1 Å². The molecule has 0 saturated carbocycles. The third kappa shape index (κ3) is 4.16. The minimum Gasteiger partial charge on any atom is -0.480 e. The first-order chi connectivity index (χ1) is 8.40. The summed E-state index contributed by atoms with van der Waals surface area (Å²) in [7, 11) is 0. The minimum atomic E-state index is -1.06. The quantitative estimate of drug-likeness (QED) is 0.868. The van der Waals surface area contributed by atoms with Crippen molar-refractivity contribution in [3.05, 3.63) is 35.6 Å². The number of benzene rings is 1. The first-order valence-corrected chi connectivity index (χ1v) is 5.66. The molecule has 0 heterocycles. The molecule has 0 aliphatic heterocycles. The maximum absolute atomic E-state index is 13.0. The number of halogens is 1. The van der Waals surface area contributed by atoms with Crippen molar-refractivity contribution in [3.8, 4) is 0 Å². The number of carboxylic acids is 1. The Bertz CT molecular complexity index is 446. The molecule has 18 heavy (non-hydrogen) atoms. The Hall–Kier alpha value is -1.91. The van der Waals surface area contributed by atoms with Gasteiger partial charge in [-0.1, -0.05) is 12.1 Å². The van der Waals surface area contributed by atoms with Gasteiger partial charge in [0.2, 0.25) is 5.91 Å². The predicted octanol–water partition coefficient (Wildman–Crippen LogP) is 1.69. The van der Waals surface area contributed by atoms with Crippen LogP contribution < -0.4 is 0 Å². The first kappa shape index (κ1) is 14.2. The fraction of sp³-hybridized carbons (Fsp3) is 0.385. The standard InChI is InChI=1S/C13H16FNO3/c1-9(2)15(8-13(17)18)12(16)7-10-4-3-5-11(14)6-10/h3-6,9H,7-8H2,1-2H3,(H,17,18). The monoisotopic (exact) mass is 253 g/mol. The number of nitrogens with zero attached hydrogens (tertiary/aromatic N) is 1. The van der Waals surface area contributed by atoms with E-state index in [-0.39, 0.29) is 24.9 Å². The molecule has 1 aromatic rings. The number of carbonyl (C=O) groups is 2. The van der Waals surface area contributed by atoms with Gasteiger partial charge in [-0.3, -0.25) is 9.59 Å². The predicted molar refractivity (Wildman–Crippen MR) is 64.6 cm³/mol. The summed E-state index contributed by atoms with van der Waals surface area (Å²) < 4.78 is 13.0. The van der Waals surface area contributed by atoms with Crippen molar-refractivity contribution in [1.82, 2.24) is 4.90 Å². The molecule has 4 nitrogen and oxygen atoms in total. The van der Waals surface area contributed by atoms with Gasteiger partial charge in [-0.2, -0.15) is 0 Å². The van der Waals surface area contributed by atoms with Gasteiger partial charge in [-0.15, -0.1) is 0 Å². The fourth-order valence-corrected chi connectivity index (χ4v) is 1.63. The SMILES string of the molecule is CC(C)N(CC(=O)O)C(=O)Cc1cccc(F)c1. The minimum absolute atomic E-state index is 0.00319. The van der Waals surface area contributed by atoms with Crippen molar-refractivity contribution in [2.45, 2.75) is 26.3 Å². The van der Waals surface area contributed by atoms with E-state index in [0.717, 1.165) is 0 Å². The Labute approximate surface area is 105 Å². The zero-order valence-electron chi connectivity index (χ0n) is 10.4. The van der Waals surface area contributed by atoms with Crippen LogP contribution in [0.2, 0.25) is 0 Å². The molecule has 1 rings (SSSR count). The third-order valence-electron chi connectivity index (χ3n) is 2.49. The van der Waals surface area contributed by atoms with Crippen LogP contribution >= 0.6 is 0 Å². The van der Waals surface area contributed by atoms with Crippen LogP contribution in [0.1, 0.15) is 19.4 Å². The fourth-order valence-electron chi connectivity index (χ4n) is 1.63. The first-order valence-electron chi connectivity index (χ1n) is 5.66. The van der Waals surface area contributed by atoms with E-state index in [2.05, 4.69) is 0 Å². The maximum atomic E-state index is 13.0. The van der Waals surface area contributed by atoms with Gasteiger partial charge in [0.25, 0.3) is 0 Å². The lowest BCUT2D eigenvalue weighted by molar-refractivity contribution is -0.145. The average Bonchev–Trinajstić information content (AvgIpc) is 2.25. The Morgan fingerprint density at radius 3 is 2.56 bits per heavy atom. The molecule has 98 valence electrons. The lowest BCUT2D eigenvalue weighted by Gasteiger charge is -2.24. The van der Waals surface area contributed by atoms with Gasteiger partial charge < -0.3 is 10.0 Å². The Morgan fingerprint density at radius 1 is 1.39 bits per heavy atom. The zero-order chi connectivity index (χ0) is 13.7. The smallest absolute Gasteiger partial charge is 0.323 e. The molecule has 0 aliphatic rings. The van der Waals surface area contributed by atoms with E-state index in [0.29, 0.717) is 5.56 Å². The summed E-state index contributed by atoms with van der Waals surface area (Å²) in [5.74, 6) is -1.79. The second-order valence-electron chi connectivity index (χ2n) is 4.32. The molecule has 0 fully saturated rings. The van der Waals surface area contributed by atoms with Crippen molar-refractivity contribution in [2.24, 2.45) is 0 Å². The highest BCUT2D eigenvalue weighted by atomic mass is 19.1. The van der Waals surface area contributed by atoms with Crippen molar-refractivity contribution in [2.75, 3.05) is 6.54 Å². The van der Waals surface area contributed by atoms with E-state index >= 15 is 0 Å². The number of hydrogen-bond acceptors (Lipinski definition) is 2. The molecule has 0 spiro atoms. The number of hydrogen-bond donors (Lipinski definition) is 1. The number of rotatable bonds is 5. The van der Waals surface area contributed by atoms with Crippen LogP contribution in [0.15, 0.2) is 24.3 Å². The van der Waals surface area contributed by atoms with Crippen LogP contribution in [0, 0.1) is 5.82 Å². The number of amides is 1. The molecule has 0 radical (unpaired) electrons. The molecule has 0 saturated heterocycles. The molecule has 1 N–H and O–H groups in total. The molecule has 0 atom stereocenters. The van der Waals surface area contributed by atoms with E-state index in [9.17, 15) is 14.0 Å². The van der Waals surface area contributed by atoms with Gasteiger partial charge in [0, 0.05) is 6.04 Å². The third-order valence-corrected chi connectivity index (χ3v) is 2.49. The van der Waals surface area contributed by atoms with Gasteiger partial charge in [-0.05, 0) is 31.5 Å². The highest BCUT2D eigenvalue weighted by Crippen LogP contribution is 2.08. The molecule has 0 bridgehead atoms. The lowest BCUT2D eigenvalue weighted by atomic mass is 10.1. The summed E-state index contributed by atoms with van der Waals surface area (Å²) in [6.07, 6.45) is 0.00319. The second kappa shape index (κ2) is 6.14. The Balaban J connectivity index is 2.75. The zero-order valence-corrected chi connectivity index (χ0v) is 10.4. The molecule has 0 aromatic heterocycles. The Morgan fingerprint density at radius 2 is 2.06 bits per heavy atom. The van der Waals surface area contributed by atoms with E-state index < -0.39 is 11.8 Å². The average molecular weight is 253 g/mol. The topological polar surface area (TPSA) is 57.6 Å². The van der Waals surface area contributed by atoms with Crippen molar-refractivity contribution >= 4 is 11.9 Å². The van der Waals surface area contributed by atoms with Crippen LogP contribution in [-0.2, 0) is 16.0 Å². The van der Waals surface area contributed by atoms with Gasteiger partial charge in [0.1, 0.15) is 12.4 Å². The van der Waals surface area contributed by atoms with Gasteiger partial charge in [0.05, 0.1) is 6.42 Å². The lowest BCUT2D eigenvalue weighted by Crippen LogP contribution is -2.41. The maximum Gasteiger partial charge on any atom is 0.323 e. The molecule has 1 aromatic carbocycles. The number of aliphatic carboxylic acids is 1. The van der Waals surface area contributed by atoms with E-state index in [1.165, 1.54) is 23.1 Å². The molecule has 5 heteroatoms. The van der Waals surface area contributed by atoms with Gasteiger partial charge >= 0.3 is 5.97 Å². The van der Waals surface area contributed by atoms with Crippen LogP contribution in [0.5, 0.6) is 0 Å². The van der Waals surface area contributed by atoms with E-state index in [1.54, 1.807) is 19.9 Å². The second-order valence-corrected chi connectivity index (χ2v) is 4.32. The van der Waals surface area contributed by atoms with Gasteiger partial charge in [-0.25, -0.2) is 4.39 Å². The van der Waals surface area contributed by atoms with Crippen LogP contribution in [0.25, 0.3) is 0 Å². The van der Waals surface area contributed by atoms with Crippen LogP contribution in [0.4, 0.5) is 4.39 Å².